The summed E-state index contributed by atoms with van der Waals surface area (Å²) >= 11 is 1.77. The van der Waals surface area contributed by atoms with E-state index in [4.69, 9.17) is 4.98 Å². The molecule has 1 aromatic heterocycles. The molecular formula is C13H22N2OS. The van der Waals surface area contributed by atoms with Gasteiger partial charge in [-0.1, -0.05) is 6.92 Å². The van der Waals surface area contributed by atoms with Crippen molar-refractivity contribution in [2.75, 3.05) is 26.7 Å². The first-order valence-electron chi connectivity index (χ1n) is 6.49. The number of nitrogens with zero attached hydrogens (tertiary/aromatic N) is 2. The SMILES string of the molecule is CCC(CO)c1csc(C2CCCN(C)C2)n1. The quantitative estimate of drug-likeness (QED) is 0.896. The van der Waals surface area contributed by atoms with Crippen LogP contribution in [0, 0.1) is 0 Å². The van der Waals surface area contributed by atoms with Crippen molar-refractivity contribution in [3.05, 3.63) is 16.1 Å². The molecule has 96 valence electrons. The Morgan fingerprint density at radius 2 is 2.47 bits per heavy atom. The van der Waals surface area contributed by atoms with Crippen LogP contribution in [0.15, 0.2) is 5.38 Å². The van der Waals surface area contributed by atoms with Gasteiger partial charge in [-0.3, -0.25) is 0 Å². The summed E-state index contributed by atoms with van der Waals surface area (Å²) in [6, 6.07) is 0. The van der Waals surface area contributed by atoms with Crippen LogP contribution in [0.4, 0.5) is 0 Å². The Balaban J connectivity index is 2.06. The van der Waals surface area contributed by atoms with Crippen LogP contribution >= 0.6 is 11.3 Å². The molecule has 1 saturated heterocycles. The Bertz CT molecular complexity index is 349. The minimum Gasteiger partial charge on any atom is -0.396 e. The van der Waals surface area contributed by atoms with Gasteiger partial charge in [0.25, 0.3) is 0 Å². The van der Waals surface area contributed by atoms with Gasteiger partial charge in [0.05, 0.1) is 17.3 Å². The van der Waals surface area contributed by atoms with Gasteiger partial charge < -0.3 is 10.0 Å². The lowest BCUT2D eigenvalue weighted by Gasteiger charge is -2.28. The van der Waals surface area contributed by atoms with Crippen LogP contribution < -0.4 is 0 Å². The molecule has 1 aliphatic heterocycles. The Morgan fingerprint density at radius 1 is 1.65 bits per heavy atom. The van der Waals surface area contributed by atoms with E-state index in [0.717, 1.165) is 18.7 Å². The van der Waals surface area contributed by atoms with Crippen molar-refractivity contribution in [2.24, 2.45) is 0 Å². The molecule has 0 saturated carbocycles. The van der Waals surface area contributed by atoms with Crippen molar-refractivity contribution in [1.29, 1.82) is 0 Å². The van der Waals surface area contributed by atoms with Crippen molar-refractivity contribution in [3.8, 4) is 0 Å². The molecule has 1 aromatic rings. The lowest BCUT2D eigenvalue weighted by Crippen LogP contribution is -2.30. The highest BCUT2D eigenvalue weighted by molar-refractivity contribution is 7.09. The number of hydrogen-bond acceptors (Lipinski definition) is 4. The van der Waals surface area contributed by atoms with Crippen molar-refractivity contribution in [3.63, 3.8) is 0 Å². The predicted octanol–water partition coefficient (Wildman–Crippen LogP) is 2.44. The summed E-state index contributed by atoms with van der Waals surface area (Å²) in [5.74, 6) is 0.824. The van der Waals surface area contributed by atoms with Crippen LogP contribution in [0.2, 0.25) is 0 Å². The van der Waals surface area contributed by atoms with Gasteiger partial charge in [-0.05, 0) is 32.9 Å². The summed E-state index contributed by atoms with van der Waals surface area (Å²) in [5.41, 5.74) is 1.09. The molecule has 1 aliphatic rings. The molecule has 1 N–H and O–H groups in total. The molecular weight excluding hydrogens is 232 g/mol. The number of aliphatic hydroxyl groups is 1. The number of likely N-dealkylation sites (tertiary alicyclic amines) is 1. The molecule has 0 aromatic carbocycles. The highest BCUT2D eigenvalue weighted by Crippen LogP contribution is 2.31. The summed E-state index contributed by atoms with van der Waals surface area (Å²) in [6.45, 7) is 4.66. The van der Waals surface area contributed by atoms with E-state index in [1.54, 1.807) is 11.3 Å². The first-order valence-corrected chi connectivity index (χ1v) is 7.37. The van der Waals surface area contributed by atoms with Gasteiger partial charge in [-0.25, -0.2) is 4.98 Å². The van der Waals surface area contributed by atoms with Gasteiger partial charge in [-0.15, -0.1) is 11.3 Å². The highest BCUT2D eigenvalue weighted by Gasteiger charge is 2.22. The zero-order valence-corrected chi connectivity index (χ0v) is 11.5. The molecule has 2 rings (SSSR count). The Labute approximate surface area is 107 Å². The van der Waals surface area contributed by atoms with Crippen LogP contribution in [0.5, 0.6) is 0 Å². The number of aliphatic hydroxyl groups excluding tert-OH is 1. The average Bonchev–Trinajstić information content (AvgIpc) is 2.80. The zero-order chi connectivity index (χ0) is 12.3. The molecule has 3 nitrogen and oxygen atoms in total. The van der Waals surface area contributed by atoms with Gasteiger partial charge in [0.1, 0.15) is 0 Å². The Hall–Kier alpha value is -0.450. The highest BCUT2D eigenvalue weighted by atomic mass is 32.1. The molecule has 17 heavy (non-hydrogen) atoms. The molecule has 0 bridgehead atoms. The van der Waals surface area contributed by atoms with E-state index in [0.29, 0.717) is 5.92 Å². The monoisotopic (exact) mass is 254 g/mol. The van der Waals surface area contributed by atoms with E-state index in [2.05, 4.69) is 24.3 Å². The smallest absolute Gasteiger partial charge is 0.0972 e. The van der Waals surface area contributed by atoms with E-state index in [9.17, 15) is 5.11 Å². The Kier molecular flexibility index (Phi) is 4.54. The number of hydrogen-bond donors (Lipinski definition) is 1. The van der Waals surface area contributed by atoms with E-state index < -0.39 is 0 Å². The fourth-order valence-electron chi connectivity index (χ4n) is 2.48. The Morgan fingerprint density at radius 3 is 3.12 bits per heavy atom. The molecule has 2 unspecified atom stereocenters. The number of likely N-dealkylation sites (N-methyl/N-ethyl adjacent to an activating group) is 1. The molecule has 4 heteroatoms. The van der Waals surface area contributed by atoms with Gasteiger partial charge in [0.15, 0.2) is 0 Å². The standard InChI is InChI=1S/C13H22N2OS/c1-3-10(8-16)12-9-17-13(14-12)11-5-4-6-15(2)7-11/h9-11,16H,3-8H2,1-2H3. The molecule has 0 radical (unpaired) electrons. The molecule has 2 heterocycles. The third-order valence-corrected chi connectivity index (χ3v) is 4.67. The minimum atomic E-state index is 0.213. The van der Waals surface area contributed by atoms with Gasteiger partial charge in [0.2, 0.25) is 0 Å². The largest absolute Gasteiger partial charge is 0.396 e. The molecule has 2 atom stereocenters. The fourth-order valence-corrected chi connectivity index (χ4v) is 3.51. The van der Waals surface area contributed by atoms with Crippen LogP contribution in [0.25, 0.3) is 0 Å². The topological polar surface area (TPSA) is 36.4 Å². The zero-order valence-electron chi connectivity index (χ0n) is 10.7. The second kappa shape index (κ2) is 5.94. The lowest BCUT2D eigenvalue weighted by atomic mass is 9.99. The van der Waals surface area contributed by atoms with Crippen molar-refractivity contribution in [2.45, 2.75) is 38.0 Å². The summed E-state index contributed by atoms with van der Waals surface area (Å²) in [7, 11) is 2.18. The minimum absolute atomic E-state index is 0.213. The normalized spacial score (nSPS) is 23.8. The van der Waals surface area contributed by atoms with E-state index in [1.807, 2.05) is 0 Å². The van der Waals surface area contributed by atoms with Crippen molar-refractivity contribution >= 4 is 11.3 Å². The maximum Gasteiger partial charge on any atom is 0.0972 e. The summed E-state index contributed by atoms with van der Waals surface area (Å²) in [4.78, 5) is 7.13. The second-order valence-corrected chi connectivity index (χ2v) is 5.89. The molecule has 0 amide bonds. The third-order valence-electron chi connectivity index (χ3n) is 3.64. The van der Waals surface area contributed by atoms with Crippen LogP contribution in [0.1, 0.15) is 48.7 Å². The van der Waals surface area contributed by atoms with Gasteiger partial charge >= 0.3 is 0 Å². The molecule has 0 aliphatic carbocycles. The number of aromatic nitrogens is 1. The van der Waals surface area contributed by atoms with Crippen LogP contribution in [0.3, 0.4) is 0 Å². The number of rotatable bonds is 4. The second-order valence-electron chi connectivity index (χ2n) is 5.00. The fraction of sp³-hybridized carbons (Fsp3) is 0.769. The molecule has 0 spiro atoms. The number of piperidine rings is 1. The van der Waals surface area contributed by atoms with Crippen molar-refractivity contribution in [1.82, 2.24) is 9.88 Å². The summed E-state index contributed by atoms with van der Waals surface area (Å²) in [5, 5.41) is 12.7. The van der Waals surface area contributed by atoms with E-state index >= 15 is 0 Å². The van der Waals surface area contributed by atoms with E-state index in [1.165, 1.54) is 24.4 Å². The van der Waals surface area contributed by atoms with Crippen LogP contribution in [-0.2, 0) is 0 Å². The summed E-state index contributed by atoms with van der Waals surface area (Å²) < 4.78 is 0. The van der Waals surface area contributed by atoms with Gasteiger partial charge in [-0.2, -0.15) is 0 Å². The van der Waals surface area contributed by atoms with Crippen LogP contribution in [-0.4, -0.2) is 41.7 Å². The third kappa shape index (κ3) is 3.06. The lowest BCUT2D eigenvalue weighted by molar-refractivity contribution is 0.249. The van der Waals surface area contributed by atoms with E-state index in [-0.39, 0.29) is 12.5 Å². The average molecular weight is 254 g/mol. The summed E-state index contributed by atoms with van der Waals surface area (Å²) in [6.07, 6.45) is 3.49. The molecule has 1 fully saturated rings. The maximum atomic E-state index is 9.30. The predicted molar refractivity (Wildman–Crippen MR) is 71.7 cm³/mol. The van der Waals surface area contributed by atoms with Gasteiger partial charge in [0, 0.05) is 23.8 Å². The number of thiazole rings is 1. The first kappa shape index (κ1) is 13.0. The first-order chi connectivity index (χ1) is 8.24. The maximum absolute atomic E-state index is 9.30. The van der Waals surface area contributed by atoms with Crippen molar-refractivity contribution < 1.29 is 5.11 Å².